The highest BCUT2D eigenvalue weighted by Gasteiger charge is 2.20. The van der Waals surface area contributed by atoms with Crippen LogP contribution in [0.25, 0.3) is 0 Å². The van der Waals surface area contributed by atoms with Crippen molar-refractivity contribution in [3.05, 3.63) is 12.2 Å². The Balaban J connectivity index is 2.13. The van der Waals surface area contributed by atoms with Crippen LogP contribution < -0.4 is 0 Å². The zero-order valence-corrected chi connectivity index (χ0v) is 9.73. The van der Waals surface area contributed by atoms with Crippen molar-refractivity contribution in [3.63, 3.8) is 0 Å². The van der Waals surface area contributed by atoms with Crippen molar-refractivity contribution in [1.29, 1.82) is 0 Å². The van der Waals surface area contributed by atoms with Gasteiger partial charge in [0.25, 0.3) is 0 Å². The predicted octanol–water partition coefficient (Wildman–Crippen LogP) is 2.64. The van der Waals surface area contributed by atoms with Crippen LogP contribution in [0.2, 0.25) is 0 Å². The van der Waals surface area contributed by atoms with Gasteiger partial charge in [-0.15, -0.1) is 0 Å². The number of aliphatic hydroxyl groups is 2. The molecule has 1 aliphatic rings. The highest BCUT2D eigenvalue weighted by atomic mass is 16.3. The molecule has 1 aliphatic carbocycles. The molecule has 0 spiro atoms. The molecule has 3 atom stereocenters. The molecule has 0 aromatic rings. The Morgan fingerprint density at radius 2 is 2.13 bits per heavy atom. The summed E-state index contributed by atoms with van der Waals surface area (Å²) in [6, 6.07) is 0. The Kier molecular flexibility index (Phi) is 5.96. The Bertz CT molecular complexity index is 189. The quantitative estimate of drug-likeness (QED) is 0.525. The molecule has 0 unspecified atom stereocenters. The smallest absolute Gasteiger partial charge is 0.0721 e. The van der Waals surface area contributed by atoms with E-state index in [0.717, 1.165) is 32.1 Å². The standard InChI is InChI=1S/C13H24O2/c1-2-3-4-5-12(14)8-6-11-7-9-13(15)10-11/h6,8,11-15H,2-5,7,9-10H2,1H3/b8-6+/t11-,12-,13-/m0/s1. The fourth-order valence-corrected chi connectivity index (χ4v) is 2.15. The van der Waals surface area contributed by atoms with Gasteiger partial charge in [-0.3, -0.25) is 0 Å². The molecule has 0 bridgehead atoms. The number of aliphatic hydroxyl groups excluding tert-OH is 2. The van der Waals surface area contributed by atoms with E-state index >= 15 is 0 Å². The topological polar surface area (TPSA) is 40.5 Å². The van der Waals surface area contributed by atoms with Crippen LogP contribution in [0.4, 0.5) is 0 Å². The van der Waals surface area contributed by atoms with Crippen molar-refractivity contribution in [3.8, 4) is 0 Å². The summed E-state index contributed by atoms with van der Waals surface area (Å²) in [5.74, 6) is 0.487. The van der Waals surface area contributed by atoms with Crippen LogP contribution in [0.15, 0.2) is 12.2 Å². The van der Waals surface area contributed by atoms with Gasteiger partial charge in [0.1, 0.15) is 0 Å². The van der Waals surface area contributed by atoms with E-state index in [1.54, 1.807) is 0 Å². The minimum absolute atomic E-state index is 0.114. The lowest BCUT2D eigenvalue weighted by Gasteiger charge is -2.06. The highest BCUT2D eigenvalue weighted by molar-refractivity contribution is 4.96. The minimum atomic E-state index is -0.283. The monoisotopic (exact) mass is 212 g/mol. The summed E-state index contributed by atoms with van der Waals surface area (Å²) < 4.78 is 0. The van der Waals surface area contributed by atoms with Crippen LogP contribution in [0.3, 0.4) is 0 Å². The van der Waals surface area contributed by atoms with Crippen molar-refractivity contribution < 1.29 is 10.2 Å². The third-order valence-corrected chi connectivity index (χ3v) is 3.15. The molecule has 0 aromatic heterocycles. The van der Waals surface area contributed by atoms with Gasteiger partial charge in [0, 0.05) is 0 Å². The summed E-state index contributed by atoms with van der Waals surface area (Å²) in [4.78, 5) is 0. The molecule has 0 saturated heterocycles. The van der Waals surface area contributed by atoms with Crippen LogP contribution in [0.5, 0.6) is 0 Å². The largest absolute Gasteiger partial charge is 0.393 e. The summed E-state index contributed by atoms with van der Waals surface area (Å²) in [6.07, 6.45) is 10.8. The summed E-state index contributed by atoms with van der Waals surface area (Å²) in [5, 5.41) is 19.0. The summed E-state index contributed by atoms with van der Waals surface area (Å²) in [5.41, 5.74) is 0. The first kappa shape index (κ1) is 12.7. The molecule has 0 heterocycles. The number of allylic oxidation sites excluding steroid dienone is 1. The van der Waals surface area contributed by atoms with Crippen molar-refractivity contribution in [2.45, 2.75) is 64.1 Å². The Morgan fingerprint density at radius 3 is 2.73 bits per heavy atom. The van der Waals surface area contributed by atoms with Gasteiger partial charge in [-0.2, -0.15) is 0 Å². The van der Waals surface area contributed by atoms with Crippen molar-refractivity contribution >= 4 is 0 Å². The highest BCUT2D eigenvalue weighted by Crippen LogP contribution is 2.26. The molecule has 1 saturated carbocycles. The molecule has 2 heteroatoms. The Labute approximate surface area is 93.0 Å². The number of unbranched alkanes of at least 4 members (excludes halogenated alkanes) is 2. The van der Waals surface area contributed by atoms with Crippen LogP contribution in [0, 0.1) is 5.92 Å². The summed E-state index contributed by atoms with van der Waals surface area (Å²) in [6.45, 7) is 2.17. The van der Waals surface area contributed by atoms with Gasteiger partial charge in [-0.25, -0.2) is 0 Å². The normalized spacial score (nSPS) is 28.7. The van der Waals surface area contributed by atoms with Crippen LogP contribution in [-0.2, 0) is 0 Å². The maximum Gasteiger partial charge on any atom is 0.0721 e. The van der Waals surface area contributed by atoms with E-state index < -0.39 is 0 Å². The van der Waals surface area contributed by atoms with Gasteiger partial charge in [0.2, 0.25) is 0 Å². The van der Waals surface area contributed by atoms with Crippen LogP contribution in [-0.4, -0.2) is 22.4 Å². The molecule has 0 amide bonds. The van der Waals surface area contributed by atoms with Crippen LogP contribution >= 0.6 is 0 Å². The zero-order valence-electron chi connectivity index (χ0n) is 9.73. The first-order valence-corrected chi connectivity index (χ1v) is 6.26. The van der Waals surface area contributed by atoms with E-state index in [-0.39, 0.29) is 12.2 Å². The summed E-state index contributed by atoms with van der Waals surface area (Å²) in [7, 11) is 0. The van der Waals surface area contributed by atoms with Crippen molar-refractivity contribution in [2.24, 2.45) is 5.92 Å². The van der Waals surface area contributed by atoms with E-state index in [2.05, 4.69) is 13.0 Å². The second-order valence-electron chi connectivity index (χ2n) is 4.67. The van der Waals surface area contributed by atoms with Crippen molar-refractivity contribution in [2.75, 3.05) is 0 Å². The number of hydrogen-bond acceptors (Lipinski definition) is 2. The number of hydrogen-bond donors (Lipinski definition) is 2. The molecular formula is C13H24O2. The lowest BCUT2D eigenvalue weighted by atomic mass is 10.0. The maximum atomic E-state index is 9.65. The van der Waals surface area contributed by atoms with Gasteiger partial charge in [-0.05, 0) is 31.6 Å². The molecule has 0 aromatic carbocycles. The second-order valence-corrected chi connectivity index (χ2v) is 4.67. The molecule has 15 heavy (non-hydrogen) atoms. The molecule has 1 rings (SSSR count). The minimum Gasteiger partial charge on any atom is -0.393 e. The molecule has 0 radical (unpaired) electrons. The first-order chi connectivity index (χ1) is 7.22. The van der Waals surface area contributed by atoms with Gasteiger partial charge in [-0.1, -0.05) is 38.3 Å². The average molecular weight is 212 g/mol. The third kappa shape index (κ3) is 5.33. The van der Waals surface area contributed by atoms with Crippen LogP contribution in [0.1, 0.15) is 51.9 Å². The maximum absolute atomic E-state index is 9.65. The van der Waals surface area contributed by atoms with Gasteiger partial charge < -0.3 is 10.2 Å². The lowest BCUT2D eigenvalue weighted by molar-refractivity contribution is 0.179. The second kappa shape index (κ2) is 7.02. The van der Waals surface area contributed by atoms with E-state index in [1.165, 1.54) is 12.8 Å². The fraction of sp³-hybridized carbons (Fsp3) is 0.846. The SMILES string of the molecule is CCCCC[C@H](O)/C=C/[C@H]1CC[C@H](O)C1. The molecule has 2 N–H and O–H groups in total. The summed E-state index contributed by atoms with van der Waals surface area (Å²) >= 11 is 0. The lowest BCUT2D eigenvalue weighted by Crippen LogP contribution is -2.03. The van der Waals surface area contributed by atoms with Gasteiger partial charge >= 0.3 is 0 Å². The van der Waals surface area contributed by atoms with E-state index in [9.17, 15) is 10.2 Å². The molecule has 88 valence electrons. The third-order valence-electron chi connectivity index (χ3n) is 3.15. The first-order valence-electron chi connectivity index (χ1n) is 6.26. The molecule has 2 nitrogen and oxygen atoms in total. The average Bonchev–Trinajstić information content (AvgIpc) is 2.62. The van der Waals surface area contributed by atoms with Gasteiger partial charge in [0.05, 0.1) is 12.2 Å². The van der Waals surface area contributed by atoms with E-state index in [0.29, 0.717) is 5.92 Å². The number of rotatable bonds is 6. The Morgan fingerprint density at radius 1 is 1.33 bits per heavy atom. The van der Waals surface area contributed by atoms with E-state index in [1.807, 2.05) is 6.08 Å². The molecule has 1 fully saturated rings. The van der Waals surface area contributed by atoms with Gasteiger partial charge in [0.15, 0.2) is 0 Å². The molecule has 0 aliphatic heterocycles. The zero-order chi connectivity index (χ0) is 11.1. The Hall–Kier alpha value is -0.340. The van der Waals surface area contributed by atoms with Crippen molar-refractivity contribution in [1.82, 2.24) is 0 Å². The van der Waals surface area contributed by atoms with E-state index in [4.69, 9.17) is 0 Å². The predicted molar refractivity (Wildman–Crippen MR) is 62.6 cm³/mol. The fourth-order valence-electron chi connectivity index (χ4n) is 2.15. The molecular weight excluding hydrogens is 188 g/mol.